The van der Waals surface area contributed by atoms with Crippen molar-refractivity contribution in [2.75, 3.05) is 20.6 Å². The number of unbranched alkanes of at least 4 members (excludes halogenated alkanes) is 1. The zero-order valence-electron chi connectivity index (χ0n) is 11.3. The van der Waals surface area contributed by atoms with Crippen LogP contribution in [0.1, 0.15) is 18.7 Å². The van der Waals surface area contributed by atoms with Crippen LogP contribution in [0.15, 0.2) is 24.3 Å². The van der Waals surface area contributed by atoms with E-state index in [0.717, 1.165) is 43.8 Å². The Morgan fingerprint density at radius 1 is 1.22 bits per heavy atom. The molecule has 1 aromatic carbocycles. The highest BCUT2D eigenvalue weighted by molar-refractivity contribution is 5.75. The Hall–Kier alpha value is -1.39. The minimum atomic E-state index is 0.760. The molecule has 1 heterocycles. The van der Waals surface area contributed by atoms with Crippen molar-refractivity contribution in [1.29, 1.82) is 0 Å². The van der Waals surface area contributed by atoms with E-state index in [4.69, 9.17) is 10.7 Å². The molecule has 0 radical (unpaired) electrons. The van der Waals surface area contributed by atoms with E-state index < -0.39 is 0 Å². The van der Waals surface area contributed by atoms with Gasteiger partial charge in [-0.3, -0.25) is 0 Å². The molecule has 0 amide bonds. The van der Waals surface area contributed by atoms with E-state index in [1.165, 1.54) is 5.52 Å². The predicted octanol–water partition coefficient (Wildman–Crippen LogP) is 1.84. The molecule has 4 heteroatoms. The summed E-state index contributed by atoms with van der Waals surface area (Å²) in [5, 5.41) is 0. The predicted molar refractivity (Wildman–Crippen MR) is 75.4 cm³/mol. The van der Waals surface area contributed by atoms with E-state index in [-0.39, 0.29) is 0 Å². The molecule has 0 spiro atoms. The third kappa shape index (κ3) is 2.89. The maximum Gasteiger partial charge on any atom is 0.124 e. The fourth-order valence-electron chi connectivity index (χ4n) is 2.19. The van der Waals surface area contributed by atoms with Crippen molar-refractivity contribution in [1.82, 2.24) is 14.5 Å². The lowest BCUT2D eigenvalue weighted by molar-refractivity contribution is 0.380. The summed E-state index contributed by atoms with van der Waals surface area (Å²) < 4.78 is 2.32. The molecule has 4 nitrogen and oxygen atoms in total. The molecule has 0 bridgehead atoms. The number of aryl methyl sites for hydroxylation is 1. The Labute approximate surface area is 108 Å². The van der Waals surface area contributed by atoms with Crippen molar-refractivity contribution >= 4 is 11.0 Å². The smallest absolute Gasteiger partial charge is 0.124 e. The van der Waals surface area contributed by atoms with Gasteiger partial charge in [-0.25, -0.2) is 4.98 Å². The molecule has 2 rings (SSSR count). The van der Waals surface area contributed by atoms with Crippen LogP contribution in [0.25, 0.3) is 11.0 Å². The molecule has 18 heavy (non-hydrogen) atoms. The molecule has 0 saturated heterocycles. The van der Waals surface area contributed by atoms with E-state index in [2.05, 4.69) is 41.8 Å². The first-order valence-corrected chi connectivity index (χ1v) is 6.51. The summed E-state index contributed by atoms with van der Waals surface area (Å²) in [6.45, 7) is 2.63. The van der Waals surface area contributed by atoms with Gasteiger partial charge in [0.2, 0.25) is 0 Å². The topological polar surface area (TPSA) is 47.1 Å². The minimum Gasteiger partial charge on any atom is -0.330 e. The van der Waals surface area contributed by atoms with Crippen LogP contribution in [0.5, 0.6) is 0 Å². The summed E-state index contributed by atoms with van der Waals surface area (Å²) in [6, 6.07) is 8.33. The first kappa shape index (κ1) is 13.1. The van der Waals surface area contributed by atoms with Crippen molar-refractivity contribution in [3.63, 3.8) is 0 Å². The van der Waals surface area contributed by atoms with Gasteiger partial charge in [0.25, 0.3) is 0 Å². The lowest BCUT2D eigenvalue weighted by atomic mass is 10.3. The number of aromatic nitrogens is 2. The van der Waals surface area contributed by atoms with Gasteiger partial charge in [-0.15, -0.1) is 0 Å². The monoisotopic (exact) mass is 246 g/mol. The van der Waals surface area contributed by atoms with E-state index >= 15 is 0 Å². The average molecular weight is 246 g/mol. The maximum absolute atomic E-state index is 5.57. The number of hydrogen-bond acceptors (Lipinski definition) is 3. The second kappa shape index (κ2) is 5.98. The highest BCUT2D eigenvalue weighted by atomic mass is 15.2. The molecular weight excluding hydrogens is 224 g/mol. The number of imidazole rings is 1. The molecule has 2 aromatic rings. The summed E-state index contributed by atoms with van der Waals surface area (Å²) in [7, 11) is 4.15. The van der Waals surface area contributed by atoms with Crippen molar-refractivity contribution in [2.24, 2.45) is 5.73 Å². The van der Waals surface area contributed by atoms with Crippen molar-refractivity contribution < 1.29 is 0 Å². The van der Waals surface area contributed by atoms with Crippen LogP contribution < -0.4 is 5.73 Å². The first-order chi connectivity index (χ1) is 8.72. The summed E-state index contributed by atoms with van der Waals surface area (Å²) in [4.78, 5) is 6.88. The lowest BCUT2D eigenvalue weighted by Gasteiger charge is -2.12. The normalized spacial score (nSPS) is 11.6. The number of nitrogens with zero attached hydrogens (tertiary/aromatic N) is 3. The Morgan fingerprint density at radius 2 is 2.00 bits per heavy atom. The summed E-state index contributed by atoms with van der Waals surface area (Å²) in [6.07, 6.45) is 2.17. The van der Waals surface area contributed by atoms with Gasteiger partial charge in [-0.1, -0.05) is 12.1 Å². The second-order valence-electron chi connectivity index (χ2n) is 4.90. The van der Waals surface area contributed by atoms with Crippen LogP contribution in [-0.2, 0) is 13.1 Å². The van der Waals surface area contributed by atoms with Crippen LogP contribution >= 0.6 is 0 Å². The molecule has 0 aliphatic carbocycles. The summed E-state index contributed by atoms with van der Waals surface area (Å²) in [5.74, 6) is 1.14. The SMILES string of the molecule is CN(C)Cc1nc2ccccc2n1CCCCN. The zero-order chi connectivity index (χ0) is 13.0. The van der Waals surface area contributed by atoms with Gasteiger partial charge in [0.1, 0.15) is 5.82 Å². The fraction of sp³-hybridized carbons (Fsp3) is 0.500. The molecule has 1 aromatic heterocycles. The molecule has 0 unspecified atom stereocenters. The average Bonchev–Trinajstić information content (AvgIpc) is 2.67. The molecular formula is C14H22N4. The third-order valence-electron chi connectivity index (χ3n) is 3.03. The molecule has 0 fully saturated rings. The number of rotatable bonds is 6. The second-order valence-corrected chi connectivity index (χ2v) is 4.90. The van der Waals surface area contributed by atoms with Gasteiger partial charge in [-0.05, 0) is 45.6 Å². The maximum atomic E-state index is 5.57. The number of para-hydroxylation sites is 2. The number of hydrogen-bond donors (Lipinski definition) is 1. The Balaban J connectivity index is 2.31. The van der Waals surface area contributed by atoms with Crippen LogP contribution in [0.4, 0.5) is 0 Å². The molecule has 0 aliphatic rings. The van der Waals surface area contributed by atoms with Gasteiger partial charge in [0.15, 0.2) is 0 Å². The van der Waals surface area contributed by atoms with Gasteiger partial charge < -0.3 is 15.2 Å². The largest absolute Gasteiger partial charge is 0.330 e. The Kier molecular flexibility index (Phi) is 4.33. The number of fused-ring (bicyclic) bond motifs is 1. The summed E-state index contributed by atoms with van der Waals surface area (Å²) >= 11 is 0. The van der Waals surface area contributed by atoms with Gasteiger partial charge in [0.05, 0.1) is 17.6 Å². The highest BCUT2D eigenvalue weighted by Crippen LogP contribution is 2.17. The third-order valence-corrected chi connectivity index (χ3v) is 3.03. The molecule has 0 aliphatic heterocycles. The van der Waals surface area contributed by atoms with E-state index in [1.54, 1.807) is 0 Å². The van der Waals surface area contributed by atoms with Crippen molar-refractivity contribution in [2.45, 2.75) is 25.9 Å². The van der Waals surface area contributed by atoms with E-state index in [9.17, 15) is 0 Å². The molecule has 0 saturated carbocycles. The minimum absolute atomic E-state index is 0.760. The number of benzene rings is 1. The molecule has 98 valence electrons. The zero-order valence-corrected chi connectivity index (χ0v) is 11.3. The standard InChI is InChI=1S/C14H22N4/c1-17(2)11-14-16-12-7-3-4-8-13(12)18(14)10-6-5-9-15/h3-4,7-8H,5-6,9-11,15H2,1-2H3. The van der Waals surface area contributed by atoms with Crippen LogP contribution in [0, 0.1) is 0 Å². The van der Waals surface area contributed by atoms with Crippen LogP contribution in [-0.4, -0.2) is 35.1 Å². The van der Waals surface area contributed by atoms with Crippen LogP contribution in [0.2, 0.25) is 0 Å². The van der Waals surface area contributed by atoms with Crippen LogP contribution in [0.3, 0.4) is 0 Å². The molecule has 0 atom stereocenters. The van der Waals surface area contributed by atoms with Gasteiger partial charge in [0, 0.05) is 6.54 Å². The first-order valence-electron chi connectivity index (χ1n) is 6.51. The van der Waals surface area contributed by atoms with Gasteiger partial charge in [-0.2, -0.15) is 0 Å². The highest BCUT2D eigenvalue weighted by Gasteiger charge is 2.10. The Bertz CT molecular complexity index is 501. The van der Waals surface area contributed by atoms with E-state index in [1.807, 2.05) is 6.07 Å². The summed E-state index contributed by atoms with van der Waals surface area (Å²) in [5.41, 5.74) is 7.88. The lowest BCUT2D eigenvalue weighted by Crippen LogP contribution is -2.16. The fourth-order valence-corrected chi connectivity index (χ4v) is 2.19. The number of nitrogens with two attached hydrogens (primary N) is 1. The van der Waals surface area contributed by atoms with Crippen molar-refractivity contribution in [3.8, 4) is 0 Å². The Morgan fingerprint density at radius 3 is 2.72 bits per heavy atom. The van der Waals surface area contributed by atoms with Gasteiger partial charge >= 0.3 is 0 Å². The van der Waals surface area contributed by atoms with E-state index in [0.29, 0.717) is 0 Å². The van der Waals surface area contributed by atoms with Crippen molar-refractivity contribution in [3.05, 3.63) is 30.1 Å². The quantitative estimate of drug-likeness (QED) is 0.791. The molecule has 2 N–H and O–H groups in total.